The molecule has 1 amide bonds. The summed E-state index contributed by atoms with van der Waals surface area (Å²) in [6.45, 7) is 5.45. The number of hydrogen-bond donors (Lipinski definition) is 1. The highest BCUT2D eigenvalue weighted by Gasteiger charge is 2.09. The van der Waals surface area contributed by atoms with Crippen LogP contribution in [0.15, 0.2) is 60.8 Å². The monoisotopic (exact) mass is 406 g/mol. The van der Waals surface area contributed by atoms with Gasteiger partial charge in [0.25, 0.3) is 5.19 Å². The van der Waals surface area contributed by atoms with Gasteiger partial charge in [0, 0.05) is 6.92 Å². The average molecular weight is 407 g/mol. The van der Waals surface area contributed by atoms with Crippen molar-refractivity contribution >= 4 is 17.2 Å². The molecule has 3 aromatic rings. The first-order chi connectivity index (χ1) is 14.0. The molecule has 0 radical (unpaired) electrons. The Morgan fingerprint density at radius 1 is 1.07 bits per heavy atom. The van der Waals surface area contributed by atoms with Crippen LogP contribution in [0.25, 0.3) is 0 Å². The number of benzene rings is 2. The quantitative estimate of drug-likeness (QED) is 0.588. The molecular formula is C23H22N2O3S. The largest absolute Gasteiger partial charge is 0.491 e. The van der Waals surface area contributed by atoms with Crippen molar-refractivity contribution in [3.8, 4) is 28.5 Å². The van der Waals surface area contributed by atoms with Gasteiger partial charge in [-0.25, -0.2) is 4.98 Å². The smallest absolute Gasteiger partial charge is 0.279 e. The Labute approximate surface area is 174 Å². The molecule has 0 saturated heterocycles. The van der Waals surface area contributed by atoms with Crippen LogP contribution in [0, 0.1) is 11.8 Å². The molecular weight excluding hydrogens is 384 g/mol. The van der Waals surface area contributed by atoms with Gasteiger partial charge < -0.3 is 14.8 Å². The predicted molar refractivity (Wildman–Crippen MR) is 114 cm³/mol. The Kier molecular flexibility index (Phi) is 6.88. The summed E-state index contributed by atoms with van der Waals surface area (Å²) in [5, 5.41) is 3.36. The summed E-state index contributed by atoms with van der Waals surface area (Å²) >= 11 is 1.35. The van der Waals surface area contributed by atoms with Crippen LogP contribution in [0.3, 0.4) is 0 Å². The van der Waals surface area contributed by atoms with E-state index in [2.05, 4.69) is 22.1 Å². The Hall–Kier alpha value is -3.30. The number of ether oxygens (including phenoxy) is 2. The van der Waals surface area contributed by atoms with E-state index in [1.165, 1.54) is 18.3 Å². The molecule has 0 fully saturated rings. The van der Waals surface area contributed by atoms with E-state index < -0.39 is 0 Å². The maximum Gasteiger partial charge on any atom is 0.279 e. The van der Waals surface area contributed by atoms with Crippen molar-refractivity contribution < 1.29 is 14.3 Å². The second-order valence-electron chi connectivity index (χ2n) is 6.54. The van der Waals surface area contributed by atoms with Gasteiger partial charge in [0.15, 0.2) is 0 Å². The molecule has 1 aromatic heterocycles. The van der Waals surface area contributed by atoms with Crippen LogP contribution >= 0.6 is 11.3 Å². The summed E-state index contributed by atoms with van der Waals surface area (Å²) in [6.07, 6.45) is 1.79. The lowest BCUT2D eigenvalue weighted by molar-refractivity contribution is -0.119. The van der Waals surface area contributed by atoms with Crippen LogP contribution in [0.5, 0.6) is 16.7 Å². The standard InChI is InChI=1S/C23H22N2O3S/c1-16(2)27-19-9-11-20(12-10-19)28-23-24-15-21(29-23)13-14-22(25-17(3)26)18-7-5-4-6-8-18/h4-12,15-16,22H,1-3H3,(H,25,26). The van der Waals surface area contributed by atoms with E-state index in [4.69, 9.17) is 9.47 Å². The van der Waals surface area contributed by atoms with Crippen molar-refractivity contribution in [1.29, 1.82) is 0 Å². The zero-order valence-corrected chi connectivity index (χ0v) is 17.3. The van der Waals surface area contributed by atoms with Gasteiger partial charge in [0.1, 0.15) is 22.4 Å². The fourth-order valence-corrected chi connectivity index (χ4v) is 3.16. The maximum atomic E-state index is 11.5. The number of carbonyl (C=O) groups is 1. The summed E-state index contributed by atoms with van der Waals surface area (Å²) in [6, 6.07) is 16.7. The van der Waals surface area contributed by atoms with Crippen LogP contribution in [0.2, 0.25) is 0 Å². The third-order valence-electron chi connectivity index (χ3n) is 3.71. The predicted octanol–water partition coefficient (Wildman–Crippen LogP) is 4.95. The summed E-state index contributed by atoms with van der Waals surface area (Å²) in [5.74, 6) is 7.52. The fourth-order valence-electron chi connectivity index (χ4n) is 2.52. The van der Waals surface area contributed by atoms with Crippen LogP contribution < -0.4 is 14.8 Å². The first-order valence-electron chi connectivity index (χ1n) is 9.23. The zero-order valence-electron chi connectivity index (χ0n) is 16.5. The van der Waals surface area contributed by atoms with E-state index in [1.54, 1.807) is 6.20 Å². The highest BCUT2D eigenvalue weighted by atomic mass is 32.1. The second kappa shape index (κ2) is 9.76. The van der Waals surface area contributed by atoms with Crippen LogP contribution in [-0.4, -0.2) is 17.0 Å². The van der Waals surface area contributed by atoms with Crippen molar-refractivity contribution in [3.63, 3.8) is 0 Å². The second-order valence-corrected chi connectivity index (χ2v) is 7.54. The van der Waals surface area contributed by atoms with Crippen LogP contribution in [-0.2, 0) is 4.79 Å². The van der Waals surface area contributed by atoms with E-state index in [0.717, 1.165) is 16.2 Å². The zero-order chi connectivity index (χ0) is 20.6. The molecule has 1 unspecified atom stereocenters. The number of rotatable bonds is 6. The number of aromatic nitrogens is 1. The topological polar surface area (TPSA) is 60.5 Å². The Balaban J connectivity index is 1.69. The van der Waals surface area contributed by atoms with Crippen molar-refractivity contribution in [2.24, 2.45) is 0 Å². The molecule has 0 spiro atoms. The normalized spacial score (nSPS) is 11.3. The summed E-state index contributed by atoms with van der Waals surface area (Å²) in [7, 11) is 0. The van der Waals surface area contributed by atoms with E-state index in [0.29, 0.717) is 10.9 Å². The minimum atomic E-state index is -0.381. The molecule has 0 aliphatic carbocycles. The van der Waals surface area contributed by atoms with Gasteiger partial charge in [-0.1, -0.05) is 53.5 Å². The van der Waals surface area contributed by atoms with Crippen LogP contribution in [0.1, 0.15) is 37.3 Å². The maximum absolute atomic E-state index is 11.5. The number of carbonyl (C=O) groups excluding carboxylic acids is 1. The molecule has 3 rings (SSSR count). The molecule has 6 heteroatoms. The molecule has 0 aliphatic heterocycles. The fraction of sp³-hybridized carbons (Fsp3) is 0.217. The lowest BCUT2D eigenvalue weighted by atomic mass is 10.1. The Morgan fingerprint density at radius 3 is 2.41 bits per heavy atom. The molecule has 5 nitrogen and oxygen atoms in total. The number of amides is 1. The first kappa shape index (κ1) is 20.4. The molecule has 1 heterocycles. The van der Waals surface area contributed by atoms with Gasteiger partial charge >= 0.3 is 0 Å². The molecule has 148 valence electrons. The molecule has 2 aromatic carbocycles. The number of thiazole rings is 1. The highest BCUT2D eigenvalue weighted by Crippen LogP contribution is 2.28. The Bertz CT molecular complexity index is 1000. The Morgan fingerprint density at radius 2 is 1.76 bits per heavy atom. The lowest BCUT2D eigenvalue weighted by Crippen LogP contribution is -2.24. The van der Waals surface area contributed by atoms with Crippen molar-refractivity contribution in [1.82, 2.24) is 10.3 Å². The first-order valence-corrected chi connectivity index (χ1v) is 10.1. The number of nitrogens with zero attached hydrogens (tertiary/aromatic N) is 1. The minimum Gasteiger partial charge on any atom is -0.491 e. The average Bonchev–Trinajstić information content (AvgIpc) is 3.14. The molecule has 1 atom stereocenters. The summed E-state index contributed by atoms with van der Waals surface area (Å²) in [4.78, 5) is 16.5. The summed E-state index contributed by atoms with van der Waals surface area (Å²) in [5.41, 5.74) is 0.930. The van der Waals surface area contributed by atoms with Crippen molar-refractivity contribution in [2.45, 2.75) is 32.9 Å². The minimum absolute atomic E-state index is 0.124. The molecule has 0 saturated carbocycles. The van der Waals surface area contributed by atoms with E-state index in [-0.39, 0.29) is 18.1 Å². The number of nitrogens with one attached hydrogen (secondary N) is 1. The summed E-state index contributed by atoms with van der Waals surface area (Å²) < 4.78 is 11.4. The van der Waals surface area contributed by atoms with Gasteiger partial charge in [-0.3, -0.25) is 4.79 Å². The molecule has 0 aliphatic rings. The molecule has 1 N–H and O–H groups in total. The van der Waals surface area contributed by atoms with E-state index >= 15 is 0 Å². The molecule has 29 heavy (non-hydrogen) atoms. The van der Waals surface area contributed by atoms with Gasteiger partial charge in [-0.15, -0.1) is 0 Å². The lowest BCUT2D eigenvalue weighted by Gasteiger charge is -2.11. The van der Waals surface area contributed by atoms with Gasteiger partial charge in [0.05, 0.1) is 12.3 Å². The van der Waals surface area contributed by atoms with Gasteiger partial charge in [-0.05, 0) is 43.7 Å². The third-order valence-corrected chi connectivity index (χ3v) is 4.50. The SMILES string of the molecule is CC(=O)NC(C#Cc1cnc(Oc2ccc(OC(C)C)cc2)s1)c1ccccc1. The van der Waals surface area contributed by atoms with Gasteiger partial charge in [-0.2, -0.15) is 0 Å². The van der Waals surface area contributed by atoms with Gasteiger partial charge in [0.2, 0.25) is 5.91 Å². The van der Waals surface area contributed by atoms with Crippen LogP contribution in [0.4, 0.5) is 0 Å². The van der Waals surface area contributed by atoms with Crippen molar-refractivity contribution in [2.75, 3.05) is 0 Å². The number of hydrogen-bond acceptors (Lipinski definition) is 5. The van der Waals surface area contributed by atoms with Crippen molar-refractivity contribution in [3.05, 3.63) is 71.2 Å². The molecule has 0 bridgehead atoms. The highest BCUT2D eigenvalue weighted by molar-refractivity contribution is 7.13. The van der Waals surface area contributed by atoms with E-state index in [1.807, 2.05) is 68.4 Å². The third kappa shape index (κ3) is 6.37. The van der Waals surface area contributed by atoms with E-state index in [9.17, 15) is 4.79 Å².